The van der Waals surface area contributed by atoms with Gasteiger partial charge < -0.3 is 5.32 Å². The van der Waals surface area contributed by atoms with Gasteiger partial charge in [-0.05, 0) is 43.2 Å². The molecule has 1 saturated carbocycles. The maximum absolute atomic E-state index is 11.9. The molecule has 1 N–H and O–H groups in total. The van der Waals surface area contributed by atoms with Crippen molar-refractivity contribution in [3.63, 3.8) is 0 Å². The first kappa shape index (κ1) is 13.4. The van der Waals surface area contributed by atoms with Crippen LogP contribution in [0.5, 0.6) is 0 Å². The maximum Gasteiger partial charge on any atom is 0.264 e. The van der Waals surface area contributed by atoms with Gasteiger partial charge in [0.05, 0.1) is 10.9 Å². The topological polar surface area (TPSA) is 41.5 Å². The van der Waals surface area contributed by atoms with Crippen molar-refractivity contribution in [1.82, 2.24) is 5.32 Å². The number of nitrogens with one attached hydrogen (secondary N) is 1. The van der Waals surface area contributed by atoms with Gasteiger partial charge in [-0.25, -0.2) is 0 Å². The molecule has 0 aromatic heterocycles. The minimum atomic E-state index is -0.0349. The SMILES string of the molecule is Cc1ccc(C=C2SC(=NC3CCCC3)NC2=O)cc1. The number of rotatable bonds is 2. The molecule has 0 spiro atoms. The van der Waals surface area contributed by atoms with Crippen molar-refractivity contribution >= 4 is 28.9 Å². The summed E-state index contributed by atoms with van der Waals surface area (Å²) in [4.78, 5) is 17.3. The third kappa shape index (κ3) is 3.12. The highest BCUT2D eigenvalue weighted by molar-refractivity contribution is 8.18. The van der Waals surface area contributed by atoms with Crippen molar-refractivity contribution in [3.05, 3.63) is 40.3 Å². The minimum Gasteiger partial charge on any atom is -0.301 e. The summed E-state index contributed by atoms with van der Waals surface area (Å²) in [6.07, 6.45) is 6.74. The number of amides is 1. The van der Waals surface area contributed by atoms with E-state index in [4.69, 9.17) is 0 Å². The number of amidine groups is 1. The van der Waals surface area contributed by atoms with E-state index >= 15 is 0 Å². The Morgan fingerprint density at radius 3 is 2.65 bits per heavy atom. The van der Waals surface area contributed by atoms with Crippen molar-refractivity contribution in [2.75, 3.05) is 0 Å². The predicted molar refractivity (Wildman–Crippen MR) is 84.6 cm³/mol. The summed E-state index contributed by atoms with van der Waals surface area (Å²) in [5.41, 5.74) is 2.27. The van der Waals surface area contributed by atoms with Gasteiger partial charge in [0.1, 0.15) is 0 Å². The van der Waals surface area contributed by atoms with Crippen LogP contribution in [0.25, 0.3) is 6.08 Å². The number of aryl methyl sites for hydroxylation is 1. The molecule has 3 rings (SSSR count). The van der Waals surface area contributed by atoms with Crippen molar-refractivity contribution in [1.29, 1.82) is 0 Å². The molecule has 0 bridgehead atoms. The number of aliphatic imine (C=N–C) groups is 1. The highest BCUT2D eigenvalue weighted by atomic mass is 32.2. The number of nitrogens with zero attached hydrogens (tertiary/aromatic N) is 1. The van der Waals surface area contributed by atoms with Crippen LogP contribution in [-0.2, 0) is 4.79 Å². The zero-order valence-electron chi connectivity index (χ0n) is 11.6. The highest BCUT2D eigenvalue weighted by Gasteiger charge is 2.25. The molecule has 1 aliphatic carbocycles. The van der Waals surface area contributed by atoms with Crippen LogP contribution >= 0.6 is 11.8 Å². The Labute approximate surface area is 123 Å². The molecule has 1 aliphatic heterocycles. The fourth-order valence-electron chi connectivity index (χ4n) is 2.50. The third-order valence-corrected chi connectivity index (χ3v) is 4.57. The second-order valence-electron chi connectivity index (χ2n) is 5.35. The molecule has 104 valence electrons. The molecule has 1 heterocycles. The highest BCUT2D eigenvalue weighted by Crippen LogP contribution is 2.28. The monoisotopic (exact) mass is 286 g/mol. The van der Waals surface area contributed by atoms with Gasteiger partial charge in [0, 0.05) is 0 Å². The van der Waals surface area contributed by atoms with Crippen molar-refractivity contribution < 1.29 is 4.79 Å². The van der Waals surface area contributed by atoms with Crippen LogP contribution in [-0.4, -0.2) is 17.1 Å². The summed E-state index contributed by atoms with van der Waals surface area (Å²) in [5, 5.41) is 3.63. The van der Waals surface area contributed by atoms with Crippen LogP contribution in [0.3, 0.4) is 0 Å². The van der Waals surface area contributed by atoms with Gasteiger partial charge in [-0.15, -0.1) is 0 Å². The largest absolute Gasteiger partial charge is 0.301 e. The van der Waals surface area contributed by atoms with Crippen molar-refractivity contribution in [2.24, 2.45) is 4.99 Å². The molecule has 1 amide bonds. The number of carbonyl (C=O) groups is 1. The molecule has 2 fully saturated rings. The van der Waals surface area contributed by atoms with Gasteiger partial charge in [-0.1, -0.05) is 42.7 Å². The Hall–Kier alpha value is -1.55. The summed E-state index contributed by atoms with van der Waals surface area (Å²) < 4.78 is 0. The Morgan fingerprint density at radius 2 is 1.95 bits per heavy atom. The van der Waals surface area contributed by atoms with Crippen LogP contribution in [0.2, 0.25) is 0 Å². The molecule has 2 aliphatic rings. The molecule has 1 aromatic carbocycles. The average Bonchev–Trinajstić information content (AvgIpc) is 3.04. The predicted octanol–water partition coefficient (Wildman–Crippen LogP) is 3.50. The number of hydrogen-bond donors (Lipinski definition) is 1. The standard InChI is InChI=1S/C16H18N2OS/c1-11-6-8-12(9-7-11)10-14-15(19)18-16(20-14)17-13-4-2-3-5-13/h6-10,13H,2-5H2,1H3,(H,17,18,19). The van der Waals surface area contributed by atoms with E-state index in [9.17, 15) is 4.79 Å². The molecular weight excluding hydrogens is 268 g/mol. The Kier molecular flexibility index (Phi) is 3.92. The summed E-state index contributed by atoms with van der Waals surface area (Å²) >= 11 is 1.46. The number of benzene rings is 1. The van der Waals surface area contributed by atoms with E-state index < -0.39 is 0 Å². The Bertz CT molecular complexity index is 569. The third-order valence-electron chi connectivity index (χ3n) is 3.65. The number of carbonyl (C=O) groups excluding carboxylic acids is 1. The van der Waals surface area contributed by atoms with Crippen LogP contribution in [0.4, 0.5) is 0 Å². The lowest BCUT2D eigenvalue weighted by Gasteiger charge is -2.02. The molecule has 0 unspecified atom stereocenters. The van der Waals surface area contributed by atoms with Crippen molar-refractivity contribution in [3.8, 4) is 0 Å². The molecule has 4 heteroatoms. The first-order chi connectivity index (χ1) is 9.70. The lowest BCUT2D eigenvalue weighted by Crippen LogP contribution is -2.21. The second kappa shape index (κ2) is 5.83. The zero-order chi connectivity index (χ0) is 13.9. The average molecular weight is 286 g/mol. The van der Waals surface area contributed by atoms with Crippen LogP contribution in [0.15, 0.2) is 34.2 Å². The molecule has 0 radical (unpaired) electrons. The lowest BCUT2D eigenvalue weighted by atomic mass is 10.1. The fraction of sp³-hybridized carbons (Fsp3) is 0.375. The molecule has 1 saturated heterocycles. The maximum atomic E-state index is 11.9. The first-order valence-corrected chi connectivity index (χ1v) is 7.88. The summed E-state index contributed by atoms with van der Waals surface area (Å²) in [7, 11) is 0. The quantitative estimate of drug-likeness (QED) is 0.845. The van der Waals surface area contributed by atoms with Gasteiger partial charge in [0.25, 0.3) is 5.91 Å². The van der Waals surface area contributed by atoms with Crippen LogP contribution in [0.1, 0.15) is 36.8 Å². The van der Waals surface area contributed by atoms with E-state index in [1.807, 2.05) is 18.2 Å². The Balaban J connectivity index is 1.74. The van der Waals surface area contributed by atoms with E-state index in [2.05, 4.69) is 29.4 Å². The lowest BCUT2D eigenvalue weighted by molar-refractivity contribution is -0.115. The van der Waals surface area contributed by atoms with Crippen LogP contribution in [0, 0.1) is 6.92 Å². The van der Waals surface area contributed by atoms with Gasteiger partial charge in [-0.2, -0.15) is 0 Å². The van der Waals surface area contributed by atoms with Gasteiger partial charge in [0.15, 0.2) is 5.17 Å². The smallest absolute Gasteiger partial charge is 0.264 e. The van der Waals surface area contributed by atoms with E-state index in [1.54, 1.807) is 0 Å². The van der Waals surface area contributed by atoms with Gasteiger partial charge >= 0.3 is 0 Å². The normalized spacial score (nSPS) is 23.8. The summed E-state index contributed by atoms with van der Waals surface area (Å²) in [6, 6.07) is 8.57. The zero-order valence-corrected chi connectivity index (χ0v) is 12.4. The van der Waals surface area contributed by atoms with Crippen molar-refractivity contribution in [2.45, 2.75) is 38.6 Å². The summed E-state index contributed by atoms with van der Waals surface area (Å²) in [5.74, 6) is -0.0349. The number of hydrogen-bond acceptors (Lipinski definition) is 3. The number of thioether (sulfide) groups is 1. The van der Waals surface area contributed by atoms with Gasteiger partial charge in [0.2, 0.25) is 0 Å². The molecule has 1 aromatic rings. The van der Waals surface area contributed by atoms with E-state index in [0.717, 1.165) is 28.5 Å². The van der Waals surface area contributed by atoms with E-state index in [0.29, 0.717) is 6.04 Å². The summed E-state index contributed by atoms with van der Waals surface area (Å²) in [6.45, 7) is 2.06. The van der Waals surface area contributed by atoms with E-state index in [1.165, 1.54) is 30.2 Å². The van der Waals surface area contributed by atoms with E-state index in [-0.39, 0.29) is 5.91 Å². The second-order valence-corrected chi connectivity index (χ2v) is 6.38. The molecule has 3 nitrogen and oxygen atoms in total. The molecule has 0 atom stereocenters. The van der Waals surface area contributed by atoms with Crippen LogP contribution < -0.4 is 5.32 Å². The molecule has 20 heavy (non-hydrogen) atoms. The molecular formula is C16H18N2OS. The minimum absolute atomic E-state index is 0.0349. The van der Waals surface area contributed by atoms with Gasteiger partial charge in [-0.3, -0.25) is 9.79 Å². The Morgan fingerprint density at radius 1 is 1.25 bits per heavy atom. The first-order valence-electron chi connectivity index (χ1n) is 7.06. The fourth-order valence-corrected chi connectivity index (χ4v) is 3.39.